The Balaban J connectivity index is 1.41. The van der Waals surface area contributed by atoms with Crippen LogP contribution in [0.15, 0.2) is 120 Å². The van der Waals surface area contributed by atoms with Crippen molar-refractivity contribution in [2.24, 2.45) is 10.5 Å². The van der Waals surface area contributed by atoms with Gasteiger partial charge in [-0.25, -0.2) is 0 Å². The minimum atomic E-state index is -0.154. The van der Waals surface area contributed by atoms with Gasteiger partial charge in [0.25, 0.3) is 0 Å². The van der Waals surface area contributed by atoms with Crippen LogP contribution in [-0.2, 0) is 13.1 Å². The lowest BCUT2D eigenvalue weighted by Gasteiger charge is -2.33. The maximum absolute atomic E-state index is 5.20. The third-order valence-electron chi connectivity index (χ3n) is 6.61. The molecule has 5 rings (SSSR count). The molecule has 3 nitrogen and oxygen atoms in total. The van der Waals surface area contributed by atoms with Crippen LogP contribution in [0.5, 0.6) is 0 Å². The molecule has 1 heterocycles. The topological polar surface area (TPSA) is 27.6 Å². The number of rotatable bonds is 7. The molecule has 1 aliphatic rings. The van der Waals surface area contributed by atoms with Gasteiger partial charge < -0.3 is 5.32 Å². The summed E-state index contributed by atoms with van der Waals surface area (Å²) >= 11 is 0. The van der Waals surface area contributed by atoms with Gasteiger partial charge in [-0.3, -0.25) is 5.01 Å². The van der Waals surface area contributed by atoms with Crippen LogP contribution in [0, 0.1) is 5.41 Å². The molecule has 0 radical (unpaired) electrons. The summed E-state index contributed by atoms with van der Waals surface area (Å²) in [5.41, 5.74) is 7.09. The quantitative estimate of drug-likeness (QED) is 0.333. The number of anilines is 1. The van der Waals surface area contributed by atoms with Gasteiger partial charge in [-0.1, -0.05) is 117 Å². The fraction of sp³-hybridized carbons (Fsp3) is 0.194. The van der Waals surface area contributed by atoms with Crippen molar-refractivity contribution in [1.29, 1.82) is 0 Å². The second-order valence-corrected chi connectivity index (χ2v) is 9.45. The SMILES string of the molecule is CC1(C)C(c2ccccc2)=NN(c2ccc(CNCc3ccccc3)cc2)C1c1ccccc1. The standard InChI is InChI=1S/C31H31N3/c1-31(2)29(26-14-8-4-9-15-26)33-34(30(31)27-16-10-5-11-17-27)28-20-18-25(19-21-28)23-32-22-24-12-6-3-7-13-24/h3-21,30,32H,22-23H2,1-2H3. The lowest BCUT2D eigenvalue weighted by molar-refractivity contribution is 0.425. The average molecular weight is 446 g/mol. The van der Waals surface area contributed by atoms with Crippen LogP contribution < -0.4 is 10.3 Å². The maximum Gasteiger partial charge on any atom is 0.0882 e. The molecular weight excluding hydrogens is 414 g/mol. The van der Waals surface area contributed by atoms with Crippen LogP contribution in [0.2, 0.25) is 0 Å². The van der Waals surface area contributed by atoms with Crippen LogP contribution in [0.25, 0.3) is 0 Å². The van der Waals surface area contributed by atoms with Crippen molar-refractivity contribution >= 4 is 11.4 Å². The molecule has 4 aromatic carbocycles. The summed E-state index contributed by atoms with van der Waals surface area (Å²) in [6.45, 7) is 6.31. The fourth-order valence-electron chi connectivity index (χ4n) is 4.87. The predicted octanol–water partition coefficient (Wildman–Crippen LogP) is 6.97. The molecule has 0 bridgehead atoms. The highest BCUT2D eigenvalue weighted by Crippen LogP contribution is 2.48. The number of hydrazone groups is 1. The molecule has 1 unspecified atom stereocenters. The number of nitrogens with zero attached hydrogens (tertiary/aromatic N) is 2. The highest BCUT2D eigenvalue weighted by molar-refractivity contribution is 6.07. The van der Waals surface area contributed by atoms with Gasteiger partial charge in [0, 0.05) is 18.5 Å². The largest absolute Gasteiger partial charge is 0.309 e. The van der Waals surface area contributed by atoms with E-state index in [4.69, 9.17) is 5.10 Å². The van der Waals surface area contributed by atoms with Gasteiger partial charge in [-0.2, -0.15) is 5.10 Å². The van der Waals surface area contributed by atoms with Gasteiger partial charge in [0.05, 0.1) is 17.4 Å². The minimum absolute atomic E-state index is 0.117. The van der Waals surface area contributed by atoms with Crippen molar-refractivity contribution < 1.29 is 0 Å². The highest BCUT2D eigenvalue weighted by atomic mass is 15.5. The minimum Gasteiger partial charge on any atom is -0.309 e. The number of nitrogens with one attached hydrogen (secondary N) is 1. The molecule has 1 N–H and O–H groups in total. The molecule has 0 aliphatic carbocycles. The Labute approximate surface area is 202 Å². The third-order valence-corrected chi connectivity index (χ3v) is 6.61. The number of hydrogen-bond acceptors (Lipinski definition) is 3. The first-order chi connectivity index (χ1) is 16.6. The van der Waals surface area contributed by atoms with E-state index in [9.17, 15) is 0 Å². The first-order valence-electron chi connectivity index (χ1n) is 12.0. The van der Waals surface area contributed by atoms with E-state index in [1.54, 1.807) is 0 Å². The Kier molecular flexibility index (Phi) is 6.29. The summed E-state index contributed by atoms with van der Waals surface area (Å²) < 4.78 is 0. The van der Waals surface area contributed by atoms with E-state index < -0.39 is 0 Å². The Morgan fingerprint density at radius 2 is 1.21 bits per heavy atom. The van der Waals surface area contributed by atoms with Crippen LogP contribution in [-0.4, -0.2) is 5.71 Å². The zero-order chi connectivity index (χ0) is 23.4. The van der Waals surface area contributed by atoms with Crippen LogP contribution in [0.3, 0.4) is 0 Å². The average Bonchev–Trinajstić information content (AvgIpc) is 3.17. The van der Waals surface area contributed by atoms with Crippen molar-refractivity contribution in [3.63, 3.8) is 0 Å². The van der Waals surface area contributed by atoms with Gasteiger partial charge >= 0.3 is 0 Å². The van der Waals surface area contributed by atoms with Gasteiger partial charge in [-0.05, 0) is 34.4 Å². The van der Waals surface area contributed by atoms with Gasteiger partial charge in [0.1, 0.15) is 0 Å². The van der Waals surface area contributed by atoms with E-state index in [0.717, 1.165) is 24.5 Å². The maximum atomic E-state index is 5.20. The van der Waals surface area contributed by atoms with E-state index in [2.05, 4.69) is 139 Å². The van der Waals surface area contributed by atoms with Crippen molar-refractivity contribution in [2.75, 3.05) is 5.01 Å². The smallest absolute Gasteiger partial charge is 0.0882 e. The van der Waals surface area contributed by atoms with E-state index in [0.29, 0.717) is 0 Å². The summed E-state index contributed by atoms with van der Waals surface area (Å²) in [6.07, 6.45) is 0. The zero-order valence-electron chi connectivity index (χ0n) is 19.9. The first kappa shape index (κ1) is 22.1. The van der Waals surface area contributed by atoms with Crippen molar-refractivity contribution in [3.05, 3.63) is 138 Å². The molecule has 0 saturated heterocycles. The van der Waals surface area contributed by atoms with Crippen molar-refractivity contribution in [3.8, 4) is 0 Å². The lowest BCUT2D eigenvalue weighted by atomic mass is 9.75. The Hall–Kier alpha value is -3.69. The monoisotopic (exact) mass is 445 g/mol. The molecule has 170 valence electrons. The van der Waals surface area contributed by atoms with Crippen molar-refractivity contribution in [2.45, 2.75) is 33.0 Å². The third kappa shape index (κ3) is 4.52. The molecule has 0 amide bonds. The second-order valence-electron chi connectivity index (χ2n) is 9.45. The zero-order valence-corrected chi connectivity index (χ0v) is 19.9. The number of benzene rings is 4. The molecule has 3 heteroatoms. The van der Waals surface area contributed by atoms with Crippen LogP contribution >= 0.6 is 0 Å². The lowest BCUT2D eigenvalue weighted by Crippen LogP contribution is -2.32. The fourth-order valence-corrected chi connectivity index (χ4v) is 4.87. The summed E-state index contributed by atoms with van der Waals surface area (Å²) in [4.78, 5) is 0. The Morgan fingerprint density at radius 3 is 1.82 bits per heavy atom. The van der Waals surface area contributed by atoms with E-state index in [1.807, 2.05) is 0 Å². The van der Waals surface area contributed by atoms with E-state index in [1.165, 1.54) is 22.3 Å². The Bertz CT molecular complexity index is 1230. The molecule has 34 heavy (non-hydrogen) atoms. The summed E-state index contributed by atoms with van der Waals surface area (Å²) in [5, 5.41) is 11.0. The van der Waals surface area contributed by atoms with E-state index in [-0.39, 0.29) is 11.5 Å². The summed E-state index contributed by atoms with van der Waals surface area (Å²) in [5.74, 6) is 0. The van der Waals surface area contributed by atoms with Gasteiger partial charge in [0.15, 0.2) is 0 Å². The summed E-state index contributed by atoms with van der Waals surface area (Å²) in [7, 11) is 0. The molecule has 4 aromatic rings. The number of hydrogen-bond donors (Lipinski definition) is 1. The van der Waals surface area contributed by atoms with Crippen molar-refractivity contribution in [1.82, 2.24) is 5.32 Å². The summed E-state index contributed by atoms with van der Waals surface area (Å²) in [6, 6.07) is 40.7. The molecule has 1 aliphatic heterocycles. The second kappa shape index (κ2) is 9.66. The highest BCUT2D eigenvalue weighted by Gasteiger charge is 2.45. The molecule has 0 spiro atoms. The van der Waals surface area contributed by atoms with Crippen LogP contribution in [0.1, 0.15) is 42.1 Å². The molecular formula is C31H31N3. The predicted molar refractivity (Wildman–Crippen MR) is 142 cm³/mol. The van der Waals surface area contributed by atoms with Gasteiger partial charge in [-0.15, -0.1) is 0 Å². The normalized spacial score (nSPS) is 16.9. The van der Waals surface area contributed by atoms with E-state index >= 15 is 0 Å². The molecule has 0 saturated carbocycles. The molecule has 1 atom stereocenters. The van der Waals surface area contributed by atoms with Gasteiger partial charge in [0.2, 0.25) is 0 Å². The molecule has 0 fully saturated rings. The van der Waals surface area contributed by atoms with Crippen LogP contribution in [0.4, 0.5) is 5.69 Å². The Morgan fingerprint density at radius 1 is 0.676 bits per heavy atom. The first-order valence-corrected chi connectivity index (χ1v) is 12.0. The molecule has 0 aromatic heterocycles.